The van der Waals surface area contributed by atoms with Crippen LogP contribution in [0.2, 0.25) is 0 Å². The van der Waals surface area contributed by atoms with E-state index < -0.39 is 30.5 Å². The summed E-state index contributed by atoms with van der Waals surface area (Å²) < 4.78 is 43.7. The van der Waals surface area contributed by atoms with Gasteiger partial charge in [-0.1, -0.05) is 31.9 Å². The molecule has 1 aliphatic rings. The van der Waals surface area contributed by atoms with Crippen molar-refractivity contribution in [2.24, 2.45) is 5.92 Å². The molecule has 0 amide bonds. The normalized spacial score (nSPS) is 26.6. The van der Waals surface area contributed by atoms with Gasteiger partial charge in [-0.2, -0.15) is 5.26 Å². The zero-order valence-electron chi connectivity index (χ0n) is 16.8. The van der Waals surface area contributed by atoms with Crippen LogP contribution >= 0.6 is 0 Å². The molecule has 0 N–H and O–H groups in total. The van der Waals surface area contributed by atoms with E-state index in [-0.39, 0.29) is 22.8 Å². The molecule has 0 saturated heterocycles. The van der Waals surface area contributed by atoms with E-state index in [0.29, 0.717) is 18.4 Å². The van der Waals surface area contributed by atoms with Crippen LogP contribution in [0.15, 0.2) is 42.5 Å². The van der Waals surface area contributed by atoms with E-state index in [4.69, 9.17) is 14.1 Å². The highest BCUT2D eigenvalue weighted by molar-refractivity contribution is 5.91. The highest BCUT2D eigenvalue weighted by Crippen LogP contribution is 2.35. The van der Waals surface area contributed by atoms with Gasteiger partial charge in [0.05, 0.1) is 11.1 Å². The van der Waals surface area contributed by atoms with Crippen molar-refractivity contribution in [3.8, 4) is 11.8 Å². The summed E-state index contributed by atoms with van der Waals surface area (Å²) >= 11 is 0. The summed E-state index contributed by atoms with van der Waals surface area (Å²) in [5.41, 5.74) is 0.780. The van der Waals surface area contributed by atoms with Gasteiger partial charge in [0, 0.05) is 10.2 Å². The minimum absolute atomic E-state index is 0.00518. The Kier molecular flexibility index (Phi) is 4.07. The Morgan fingerprint density at radius 2 is 2.04 bits per heavy atom. The molecule has 2 aromatic rings. The van der Waals surface area contributed by atoms with E-state index in [0.717, 1.165) is 6.07 Å². The first-order valence-electron chi connectivity index (χ1n) is 9.73. The summed E-state index contributed by atoms with van der Waals surface area (Å²) in [6.45, 7) is 1.96. The number of nitriles is 1. The van der Waals surface area contributed by atoms with E-state index in [1.54, 1.807) is 18.2 Å². The minimum Gasteiger partial charge on any atom is -0.423 e. The Bertz CT molecular complexity index is 924. The number of esters is 1. The molecule has 1 aliphatic carbocycles. The molecule has 1 saturated carbocycles. The number of hydrogen-bond donors (Lipinski definition) is 0. The fourth-order valence-electron chi connectivity index (χ4n) is 2.76. The van der Waals surface area contributed by atoms with Crippen LogP contribution in [-0.2, 0) is 0 Å². The molecule has 3 atom stereocenters. The van der Waals surface area contributed by atoms with Crippen LogP contribution in [0.1, 0.15) is 64.1 Å². The number of ether oxygens (including phenoxy) is 1. The average molecular weight is 340 g/mol. The van der Waals surface area contributed by atoms with Crippen molar-refractivity contribution < 1.29 is 18.0 Å². The zero-order valence-corrected chi connectivity index (χ0v) is 13.8. The molecule has 1 fully saturated rings. The van der Waals surface area contributed by atoms with Crippen molar-refractivity contribution in [3.05, 3.63) is 65.0 Å². The average Bonchev–Trinajstić information content (AvgIpc) is 2.60. The molecular weight excluding hydrogens is 317 g/mol. The lowest BCUT2D eigenvalue weighted by Crippen LogP contribution is -2.12. The maximum atomic E-state index is 13.6. The Balaban J connectivity index is 1.76. The molecule has 0 aromatic heterocycles. The first-order valence-corrected chi connectivity index (χ1v) is 8.15. The summed E-state index contributed by atoms with van der Waals surface area (Å²) in [6.07, 6.45) is -0.982. The van der Waals surface area contributed by atoms with Crippen molar-refractivity contribution in [2.75, 3.05) is 0 Å². The van der Waals surface area contributed by atoms with E-state index in [9.17, 15) is 9.18 Å². The summed E-state index contributed by atoms with van der Waals surface area (Å²) in [5, 5.41) is 8.73. The third-order valence-electron chi connectivity index (χ3n) is 4.24. The van der Waals surface area contributed by atoms with Gasteiger partial charge in [0.2, 0.25) is 0 Å². The summed E-state index contributed by atoms with van der Waals surface area (Å²) in [4.78, 5) is 12.3. The largest absolute Gasteiger partial charge is 0.423 e. The highest BCUT2D eigenvalue weighted by Gasteiger charge is 2.20. The van der Waals surface area contributed by atoms with Gasteiger partial charge in [0.15, 0.2) is 0 Å². The summed E-state index contributed by atoms with van der Waals surface area (Å²) in [5.74, 6) is -1.84. The van der Waals surface area contributed by atoms with Gasteiger partial charge < -0.3 is 4.74 Å². The monoisotopic (exact) mass is 340 g/mol. The molecule has 4 heteroatoms. The zero-order chi connectivity index (χ0) is 20.5. The van der Waals surface area contributed by atoms with Gasteiger partial charge in [-0.15, -0.1) is 0 Å². The maximum Gasteiger partial charge on any atom is 0.343 e. The Morgan fingerprint density at radius 3 is 2.68 bits per heavy atom. The minimum atomic E-state index is -1.48. The Labute approximate surface area is 151 Å². The Morgan fingerprint density at radius 1 is 1.28 bits per heavy atom. The molecular formula is C21H20FNO2. The smallest absolute Gasteiger partial charge is 0.343 e. The van der Waals surface area contributed by atoms with Crippen molar-refractivity contribution in [1.82, 2.24) is 0 Å². The number of rotatable bonds is 3. The molecule has 0 radical (unpaired) electrons. The van der Waals surface area contributed by atoms with Crippen LogP contribution in [0.4, 0.5) is 4.39 Å². The van der Waals surface area contributed by atoms with Crippen LogP contribution in [0, 0.1) is 23.1 Å². The third-order valence-corrected chi connectivity index (χ3v) is 4.24. The third kappa shape index (κ3) is 4.06. The van der Waals surface area contributed by atoms with Gasteiger partial charge in [0.25, 0.3) is 0 Å². The van der Waals surface area contributed by atoms with Gasteiger partial charge in [-0.25, -0.2) is 9.18 Å². The number of halogens is 1. The molecule has 0 bridgehead atoms. The van der Waals surface area contributed by atoms with Crippen LogP contribution < -0.4 is 4.74 Å². The first-order chi connectivity index (χ1) is 13.2. The molecule has 3 nitrogen and oxygen atoms in total. The quantitative estimate of drug-likeness (QED) is 0.569. The second kappa shape index (κ2) is 7.48. The molecule has 0 aliphatic heterocycles. The van der Waals surface area contributed by atoms with Crippen LogP contribution in [0.3, 0.4) is 0 Å². The number of benzene rings is 2. The molecule has 2 aromatic carbocycles. The molecule has 0 heterocycles. The fourth-order valence-corrected chi connectivity index (χ4v) is 2.76. The maximum absolute atomic E-state index is 13.6. The van der Waals surface area contributed by atoms with Crippen molar-refractivity contribution in [3.63, 3.8) is 0 Å². The van der Waals surface area contributed by atoms with Gasteiger partial charge in [0.1, 0.15) is 17.6 Å². The van der Waals surface area contributed by atoms with Gasteiger partial charge in [-0.05, 0) is 54.4 Å². The predicted octanol–water partition coefficient (Wildman–Crippen LogP) is 5.21. The number of carbonyl (C=O) groups is 1. The van der Waals surface area contributed by atoms with E-state index in [2.05, 4.69) is 0 Å². The number of nitrogens with zero attached hydrogens (tertiary/aromatic N) is 1. The molecule has 128 valence electrons. The first kappa shape index (κ1) is 13.6. The molecule has 0 spiro atoms. The lowest BCUT2D eigenvalue weighted by molar-refractivity contribution is 0.0734. The van der Waals surface area contributed by atoms with Crippen molar-refractivity contribution in [2.45, 2.75) is 38.5 Å². The lowest BCUT2D eigenvalue weighted by atomic mass is 9.79. The second-order valence-electron chi connectivity index (χ2n) is 6.23. The predicted molar refractivity (Wildman–Crippen MR) is 92.9 cm³/mol. The summed E-state index contributed by atoms with van der Waals surface area (Å²) in [6, 6.07) is 11.6. The van der Waals surface area contributed by atoms with Crippen LogP contribution in [0.25, 0.3) is 0 Å². The number of hydrogen-bond acceptors (Lipinski definition) is 3. The van der Waals surface area contributed by atoms with Gasteiger partial charge >= 0.3 is 5.97 Å². The summed E-state index contributed by atoms with van der Waals surface area (Å²) in [7, 11) is 0. The Hall–Kier alpha value is -2.67. The van der Waals surface area contributed by atoms with E-state index >= 15 is 0 Å². The standard InChI is InChI=1S/C21H20FNO2/c1-14-2-4-15(5-3-14)16-6-8-17(9-7-16)21(24)25-19-11-10-18(13-23)20(22)12-19/h6-12,14-15H,2-5H2,1H3/i4D,5D2. The molecule has 3 rings (SSSR count). The lowest BCUT2D eigenvalue weighted by Gasteiger charge is -2.26. The SMILES string of the molecule is [2H]C1CC(C)CC([2H])([2H])C1c1ccc(C(=O)Oc2ccc(C#N)c(F)c2)cc1. The number of carbonyl (C=O) groups excluding carboxylic acids is 1. The van der Waals surface area contributed by atoms with Gasteiger partial charge in [-0.3, -0.25) is 0 Å². The highest BCUT2D eigenvalue weighted by atomic mass is 19.1. The van der Waals surface area contributed by atoms with E-state index in [1.807, 2.05) is 6.92 Å². The van der Waals surface area contributed by atoms with E-state index in [1.165, 1.54) is 24.3 Å². The topological polar surface area (TPSA) is 50.1 Å². The second-order valence-corrected chi connectivity index (χ2v) is 6.23. The van der Waals surface area contributed by atoms with Crippen LogP contribution in [-0.4, -0.2) is 5.97 Å². The molecule has 3 unspecified atom stereocenters. The molecule has 25 heavy (non-hydrogen) atoms. The van der Waals surface area contributed by atoms with Crippen LogP contribution in [0.5, 0.6) is 5.75 Å². The van der Waals surface area contributed by atoms with Crippen molar-refractivity contribution in [1.29, 1.82) is 5.26 Å². The van der Waals surface area contributed by atoms with Crippen molar-refractivity contribution >= 4 is 5.97 Å². The fraction of sp³-hybridized carbons (Fsp3) is 0.333.